The summed E-state index contributed by atoms with van der Waals surface area (Å²) in [6.07, 6.45) is 0. The summed E-state index contributed by atoms with van der Waals surface area (Å²) >= 11 is 6.27. The van der Waals surface area contributed by atoms with E-state index in [-0.39, 0.29) is 40.0 Å². The lowest BCUT2D eigenvalue weighted by molar-refractivity contribution is -0.140. The summed E-state index contributed by atoms with van der Waals surface area (Å²) in [7, 11) is 7.93. The van der Waals surface area contributed by atoms with Gasteiger partial charge in [-0.15, -0.1) is 0 Å². The van der Waals surface area contributed by atoms with Crippen molar-refractivity contribution >= 4 is 29.1 Å². The maximum Gasteiger partial charge on any atom is 0.295 e. The Bertz CT molecular complexity index is 1150. The number of carbonyl (C=O) groups excluding carboxylic acids is 2. The second kappa shape index (κ2) is 10.2. The predicted octanol–water partition coefficient (Wildman–Crippen LogP) is 3.05. The maximum atomic E-state index is 13.2. The Balaban J connectivity index is 2.25. The summed E-state index contributed by atoms with van der Waals surface area (Å²) in [5.74, 6) is -1.48. The maximum absolute atomic E-state index is 13.2. The van der Waals surface area contributed by atoms with Gasteiger partial charge in [-0.3, -0.25) is 9.59 Å². The Morgan fingerprint density at radius 3 is 2.24 bits per heavy atom. The number of phenols is 1. The van der Waals surface area contributed by atoms with E-state index < -0.39 is 23.5 Å². The molecule has 1 amide bonds. The molecule has 1 saturated heterocycles. The largest absolute Gasteiger partial charge is 0.507 e. The van der Waals surface area contributed by atoms with Crippen molar-refractivity contribution in [3.05, 3.63) is 52.1 Å². The minimum absolute atomic E-state index is 0.127. The number of likely N-dealkylation sites (tertiary alicyclic amines) is 1. The number of likely N-dealkylation sites (N-methyl/N-ethyl adjacent to an activating group) is 1. The number of ketones is 1. The molecule has 9 nitrogen and oxygen atoms in total. The first-order valence-electron chi connectivity index (χ1n) is 10.4. The third-order valence-electron chi connectivity index (χ3n) is 5.58. The standard InChI is InChI=1S/C24H27ClN2O7/c1-26(2)8-9-27-21(13-6-7-17(32-3)16(28)10-13)20(23(30)24(27)31)22(29)14-11-15(25)19(34-5)12-18(14)33-4/h6-7,10-12,21,28-29H,8-9H2,1-5H3/b22-20+. The molecule has 2 N–H and O–H groups in total. The number of carbonyl (C=O) groups is 2. The van der Waals surface area contributed by atoms with Crippen LogP contribution in [0.1, 0.15) is 17.2 Å². The summed E-state index contributed by atoms with van der Waals surface area (Å²) in [6, 6.07) is 6.49. The molecule has 0 radical (unpaired) electrons. The quantitative estimate of drug-likeness (QED) is 0.330. The number of halogens is 1. The molecule has 0 bridgehead atoms. The van der Waals surface area contributed by atoms with E-state index in [1.165, 1.54) is 50.5 Å². The first kappa shape index (κ1) is 25.2. The highest BCUT2D eigenvalue weighted by atomic mass is 35.5. The Hall–Kier alpha value is -3.43. The lowest BCUT2D eigenvalue weighted by Gasteiger charge is -2.27. The van der Waals surface area contributed by atoms with Crippen LogP contribution in [0.3, 0.4) is 0 Å². The Labute approximate surface area is 202 Å². The van der Waals surface area contributed by atoms with Gasteiger partial charge in [0.1, 0.15) is 17.3 Å². The molecule has 1 atom stereocenters. The van der Waals surface area contributed by atoms with Crippen molar-refractivity contribution in [1.82, 2.24) is 9.80 Å². The summed E-state index contributed by atoms with van der Waals surface area (Å²) in [6.45, 7) is 0.690. The van der Waals surface area contributed by atoms with Crippen molar-refractivity contribution in [2.75, 3.05) is 48.5 Å². The van der Waals surface area contributed by atoms with E-state index in [1.54, 1.807) is 6.07 Å². The van der Waals surface area contributed by atoms with E-state index in [0.29, 0.717) is 17.9 Å². The van der Waals surface area contributed by atoms with Crippen LogP contribution in [0.5, 0.6) is 23.0 Å². The number of aliphatic hydroxyl groups is 1. The summed E-state index contributed by atoms with van der Waals surface area (Å²) in [5.41, 5.74) is 0.408. The normalized spacial score (nSPS) is 17.4. The third kappa shape index (κ3) is 4.62. The average Bonchev–Trinajstić information content (AvgIpc) is 3.06. The van der Waals surface area contributed by atoms with Gasteiger partial charge in [0.15, 0.2) is 11.5 Å². The molecule has 0 saturated carbocycles. The van der Waals surface area contributed by atoms with Crippen LogP contribution in [0.2, 0.25) is 5.02 Å². The molecule has 3 rings (SSSR count). The van der Waals surface area contributed by atoms with Gasteiger partial charge < -0.3 is 34.2 Å². The SMILES string of the molecule is COc1ccc(C2/C(=C(\O)c3cc(Cl)c(OC)cc3OC)C(=O)C(=O)N2CCN(C)C)cc1O. The number of aromatic hydroxyl groups is 1. The van der Waals surface area contributed by atoms with Gasteiger partial charge in [0, 0.05) is 19.2 Å². The van der Waals surface area contributed by atoms with Gasteiger partial charge in [0.05, 0.1) is 43.5 Å². The number of aliphatic hydroxyl groups excluding tert-OH is 1. The van der Waals surface area contributed by atoms with E-state index in [1.807, 2.05) is 19.0 Å². The molecule has 2 aromatic rings. The van der Waals surface area contributed by atoms with Crippen molar-refractivity contribution in [2.45, 2.75) is 6.04 Å². The van der Waals surface area contributed by atoms with Gasteiger partial charge in [-0.25, -0.2) is 0 Å². The molecule has 10 heteroatoms. The topological polar surface area (TPSA) is 109 Å². The monoisotopic (exact) mass is 490 g/mol. The molecular formula is C24H27ClN2O7. The van der Waals surface area contributed by atoms with Gasteiger partial charge in [-0.1, -0.05) is 17.7 Å². The molecule has 0 spiro atoms. The third-order valence-corrected chi connectivity index (χ3v) is 5.87. The lowest BCUT2D eigenvalue weighted by atomic mass is 9.94. The number of phenolic OH excluding ortho intramolecular Hbond substituents is 1. The molecule has 0 aliphatic carbocycles. The molecule has 1 unspecified atom stereocenters. The molecule has 1 heterocycles. The Kier molecular flexibility index (Phi) is 7.58. The minimum atomic E-state index is -0.956. The van der Waals surface area contributed by atoms with Gasteiger partial charge in [-0.05, 0) is 37.9 Å². The van der Waals surface area contributed by atoms with Crippen LogP contribution in [-0.2, 0) is 9.59 Å². The van der Waals surface area contributed by atoms with Gasteiger partial charge >= 0.3 is 0 Å². The average molecular weight is 491 g/mol. The van der Waals surface area contributed by atoms with E-state index >= 15 is 0 Å². The molecular weight excluding hydrogens is 464 g/mol. The highest BCUT2D eigenvalue weighted by molar-refractivity contribution is 6.46. The van der Waals surface area contributed by atoms with Crippen LogP contribution in [0, 0.1) is 0 Å². The smallest absolute Gasteiger partial charge is 0.295 e. The summed E-state index contributed by atoms with van der Waals surface area (Å²) < 4.78 is 15.7. The molecule has 182 valence electrons. The van der Waals surface area contributed by atoms with Gasteiger partial charge in [0.2, 0.25) is 0 Å². The van der Waals surface area contributed by atoms with Crippen molar-refractivity contribution in [1.29, 1.82) is 0 Å². The van der Waals surface area contributed by atoms with Crippen molar-refractivity contribution in [2.24, 2.45) is 0 Å². The number of hydrogen-bond donors (Lipinski definition) is 2. The number of methoxy groups -OCH3 is 3. The molecule has 1 aliphatic heterocycles. The Morgan fingerprint density at radius 2 is 1.68 bits per heavy atom. The second-order valence-corrected chi connectivity index (χ2v) is 8.32. The first-order valence-corrected chi connectivity index (χ1v) is 10.7. The highest BCUT2D eigenvalue weighted by Crippen LogP contribution is 2.44. The predicted molar refractivity (Wildman–Crippen MR) is 127 cm³/mol. The number of benzene rings is 2. The van der Waals surface area contributed by atoms with Crippen LogP contribution >= 0.6 is 11.6 Å². The van der Waals surface area contributed by atoms with E-state index in [9.17, 15) is 19.8 Å². The zero-order chi connectivity index (χ0) is 25.2. The van der Waals surface area contributed by atoms with Crippen molar-refractivity contribution in [3.63, 3.8) is 0 Å². The van der Waals surface area contributed by atoms with Crippen LogP contribution in [0.15, 0.2) is 35.9 Å². The van der Waals surface area contributed by atoms with E-state index in [2.05, 4.69) is 0 Å². The van der Waals surface area contributed by atoms with Crippen LogP contribution in [-0.4, -0.2) is 80.2 Å². The van der Waals surface area contributed by atoms with Crippen molar-refractivity contribution in [3.8, 4) is 23.0 Å². The molecule has 1 fully saturated rings. The zero-order valence-electron chi connectivity index (χ0n) is 19.6. The molecule has 0 aromatic heterocycles. The van der Waals surface area contributed by atoms with E-state index in [0.717, 1.165) is 0 Å². The van der Waals surface area contributed by atoms with Crippen molar-refractivity contribution < 1.29 is 34.0 Å². The number of amides is 1. The molecule has 1 aliphatic rings. The van der Waals surface area contributed by atoms with Crippen LogP contribution in [0.25, 0.3) is 5.76 Å². The lowest BCUT2D eigenvalue weighted by Crippen LogP contribution is -2.35. The minimum Gasteiger partial charge on any atom is -0.507 e. The van der Waals surface area contributed by atoms with E-state index in [4.69, 9.17) is 25.8 Å². The van der Waals surface area contributed by atoms with Gasteiger partial charge in [-0.2, -0.15) is 0 Å². The number of rotatable bonds is 8. The fourth-order valence-electron chi connectivity index (χ4n) is 3.83. The number of nitrogens with zero attached hydrogens (tertiary/aromatic N) is 2. The zero-order valence-corrected chi connectivity index (χ0v) is 20.3. The highest BCUT2D eigenvalue weighted by Gasteiger charge is 2.46. The van der Waals surface area contributed by atoms with Crippen LogP contribution < -0.4 is 14.2 Å². The fraction of sp³-hybridized carbons (Fsp3) is 0.333. The number of ether oxygens (including phenoxy) is 3. The first-order chi connectivity index (χ1) is 16.1. The molecule has 2 aromatic carbocycles. The second-order valence-electron chi connectivity index (χ2n) is 7.91. The Morgan fingerprint density at radius 1 is 1.03 bits per heavy atom. The number of hydrogen-bond acceptors (Lipinski definition) is 8. The fourth-order valence-corrected chi connectivity index (χ4v) is 4.07. The summed E-state index contributed by atoms with van der Waals surface area (Å²) in [5, 5.41) is 21.8. The number of Topliss-reactive ketones (excluding diaryl/α,β-unsaturated/α-hetero) is 1. The van der Waals surface area contributed by atoms with Crippen LogP contribution in [0.4, 0.5) is 0 Å². The molecule has 34 heavy (non-hydrogen) atoms. The summed E-state index contributed by atoms with van der Waals surface area (Å²) in [4.78, 5) is 29.4. The van der Waals surface area contributed by atoms with Gasteiger partial charge in [0.25, 0.3) is 11.7 Å².